The molecule has 0 aliphatic heterocycles. The first-order valence-electron chi connectivity index (χ1n) is 8.13. The molecule has 3 aromatic carbocycles. The molecule has 0 aromatic heterocycles. The molecule has 0 saturated heterocycles. The van der Waals surface area contributed by atoms with E-state index in [-0.39, 0.29) is 11.4 Å². The lowest BCUT2D eigenvalue weighted by Crippen LogP contribution is -2.17. The van der Waals surface area contributed by atoms with Crippen molar-refractivity contribution in [2.75, 3.05) is 0 Å². The molecule has 1 amide bonds. The van der Waals surface area contributed by atoms with E-state index in [1.807, 2.05) is 18.2 Å². The van der Waals surface area contributed by atoms with Crippen LogP contribution in [0.2, 0.25) is 5.02 Å². The van der Waals surface area contributed by atoms with Crippen molar-refractivity contribution in [2.24, 2.45) is 10.7 Å². The molecule has 140 valence electrons. The third-order valence-electron chi connectivity index (χ3n) is 4.03. The number of carboxylic acid groups (broad SMARTS) is 1. The number of amidine groups is 1. The van der Waals surface area contributed by atoms with E-state index >= 15 is 0 Å². The van der Waals surface area contributed by atoms with Crippen molar-refractivity contribution >= 4 is 29.3 Å². The number of carboxylic acids is 1. The van der Waals surface area contributed by atoms with Gasteiger partial charge in [0, 0.05) is 21.7 Å². The molecule has 0 atom stereocenters. The molecule has 0 spiro atoms. The fourth-order valence-corrected chi connectivity index (χ4v) is 2.82. The topological polar surface area (TPSA) is 92.8 Å². The summed E-state index contributed by atoms with van der Waals surface area (Å²) in [7, 11) is 0. The Morgan fingerprint density at radius 3 is 2.21 bits per heavy atom. The largest absolute Gasteiger partial charge is 0.478 e. The number of benzene rings is 3. The van der Waals surface area contributed by atoms with Crippen LogP contribution < -0.4 is 5.73 Å². The van der Waals surface area contributed by atoms with Crippen LogP contribution in [0.5, 0.6) is 0 Å². The standard InChI is InChI=1S/C21H14ClFN2O3/c22-17-4-2-1-3-15(17)12-5-7-13(8-6-12)20(26)25-19(24)14-9-10-16(21(27)28)18(23)11-14/h1-11H,(H,27,28)(H2,24,25,26). The summed E-state index contributed by atoms with van der Waals surface area (Å²) in [6.45, 7) is 0. The van der Waals surface area contributed by atoms with E-state index < -0.39 is 23.3 Å². The summed E-state index contributed by atoms with van der Waals surface area (Å²) < 4.78 is 13.8. The molecule has 0 heterocycles. The quantitative estimate of drug-likeness (QED) is 0.505. The lowest BCUT2D eigenvalue weighted by molar-refractivity contribution is 0.0691. The highest BCUT2D eigenvalue weighted by atomic mass is 35.5. The zero-order valence-electron chi connectivity index (χ0n) is 14.4. The Bertz CT molecular complexity index is 1100. The number of aliphatic imine (C=N–C) groups is 1. The Labute approximate surface area is 164 Å². The highest BCUT2D eigenvalue weighted by Crippen LogP contribution is 2.27. The summed E-state index contributed by atoms with van der Waals surface area (Å²) in [5.74, 6) is -3.17. The number of nitrogens with zero attached hydrogens (tertiary/aromatic N) is 1. The van der Waals surface area contributed by atoms with Gasteiger partial charge in [0.25, 0.3) is 5.91 Å². The van der Waals surface area contributed by atoms with Crippen molar-refractivity contribution < 1.29 is 19.1 Å². The minimum absolute atomic E-state index is 0.114. The van der Waals surface area contributed by atoms with Gasteiger partial charge >= 0.3 is 5.97 Å². The first-order chi connectivity index (χ1) is 13.4. The molecule has 3 rings (SSSR count). The second-order valence-corrected chi connectivity index (χ2v) is 6.27. The van der Waals surface area contributed by atoms with E-state index in [9.17, 15) is 14.0 Å². The summed E-state index contributed by atoms with van der Waals surface area (Å²) in [5, 5.41) is 9.44. The Morgan fingerprint density at radius 1 is 0.964 bits per heavy atom. The molecule has 0 unspecified atom stereocenters. The van der Waals surface area contributed by atoms with Crippen LogP contribution in [-0.4, -0.2) is 22.8 Å². The average molecular weight is 397 g/mol. The highest BCUT2D eigenvalue weighted by Gasteiger charge is 2.13. The van der Waals surface area contributed by atoms with E-state index in [4.69, 9.17) is 22.4 Å². The van der Waals surface area contributed by atoms with Gasteiger partial charge in [-0.05, 0) is 35.9 Å². The number of halogens is 2. The molecule has 0 radical (unpaired) electrons. The van der Waals surface area contributed by atoms with Crippen LogP contribution in [0.1, 0.15) is 26.3 Å². The Balaban J connectivity index is 1.83. The third-order valence-corrected chi connectivity index (χ3v) is 4.36. The van der Waals surface area contributed by atoms with Crippen LogP contribution in [0.15, 0.2) is 71.7 Å². The SMILES string of the molecule is NC(=NC(=O)c1ccc(-c2ccccc2Cl)cc1)c1ccc(C(=O)O)c(F)c1. The second-order valence-electron chi connectivity index (χ2n) is 5.86. The van der Waals surface area contributed by atoms with Crippen molar-refractivity contribution in [3.05, 3.63) is 94.3 Å². The number of aromatic carboxylic acids is 1. The molecule has 0 bridgehead atoms. The number of hydrogen-bond acceptors (Lipinski definition) is 2. The van der Waals surface area contributed by atoms with E-state index in [0.29, 0.717) is 10.6 Å². The van der Waals surface area contributed by atoms with Crippen LogP contribution in [0.3, 0.4) is 0 Å². The number of carbonyl (C=O) groups excluding carboxylic acids is 1. The molecule has 0 fully saturated rings. The normalized spacial score (nSPS) is 11.3. The van der Waals surface area contributed by atoms with Gasteiger partial charge < -0.3 is 10.8 Å². The predicted molar refractivity (Wildman–Crippen MR) is 105 cm³/mol. The van der Waals surface area contributed by atoms with Gasteiger partial charge in [0.2, 0.25) is 0 Å². The minimum Gasteiger partial charge on any atom is -0.478 e. The summed E-state index contributed by atoms with van der Waals surface area (Å²) in [6, 6.07) is 17.3. The Kier molecular flexibility index (Phi) is 5.52. The predicted octanol–water partition coefficient (Wildman–Crippen LogP) is 4.39. The van der Waals surface area contributed by atoms with Crippen molar-refractivity contribution in [1.82, 2.24) is 0 Å². The maximum atomic E-state index is 13.8. The maximum Gasteiger partial charge on any atom is 0.338 e. The zero-order valence-corrected chi connectivity index (χ0v) is 15.2. The molecule has 0 aliphatic rings. The zero-order chi connectivity index (χ0) is 20.3. The average Bonchev–Trinajstić information content (AvgIpc) is 2.68. The van der Waals surface area contributed by atoms with E-state index in [0.717, 1.165) is 23.3 Å². The molecule has 3 aromatic rings. The van der Waals surface area contributed by atoms with Crippen LogP contribution in [0.4, 0.5) is 4.39 Å². The Morgan fingerprint density at radius 2 is 1.61 bits per heavy atom. The molecule has 28 heavy (non-hydrogen) atoms. The van der Waals surface area contributed by atoms with Gasteiger partial charge in [0.15, 0.2) is 0 Å². The summed E-state index contributed by atoms with van der Waals surface area (Å²) >= 11 is 6.17. The van der Waals surface area contributed by atoms with Crippen molar-refractivity contribution in [3.8, 4) is 11.1 Å². The molecule has 0 aliphatic carbocycles. The van der Waals surface area contributed by atoms with Crippen LogP contribution in [-0.2, 0) is 0 Å². The van der Waals surface area contributed by atoms with E-state index in [1.165, 1.54) is 6.07 Å². The van der Waals surface area contributed by atoms with E-state index in [1.54, 1.807) is 30.3 Å². The monoisotopic (exact) mass is 396 g/mol. The van der Waals surface area contributed by atoms with Crippen LogP contribution >= 0.6 is 11.6 Å². The highest BCUT2D eigenvalue weighted by molar-refractivity contribution is 6.33. The summed E-state index contributed by atoms with van der Waals surface area (Å²) in [4.78, 5) is 26.9. The number of nitrogens with two attached hydrogens (primary N) is 1. The lowest BCUT2D eigenvalue weighted by Gasteiger charge is -2.06. The van der Waals surface area contributed by atoms with Gasteiger partial charge in [0.05, 0.1) is 5.56 Å². The maximum absolute atomic E-state index is 13.8. The Hall–Kier alpha value is -3.51. The van der Waals surface area contributed by atoms with Crippen molar-refractivity contribution in [2.45, 2.75) is 0 Å². The smallest absolute Gasteiger partial charge is 0.338 e. The number of hydrogen-bond donors (Lipinski definition) is 2. The molecule has 0 saturated carbocycles. The van der Waals surface area contributed by atoms with Gasteiger partial charge in [-0.1, -0.05) is 48.0 Å². The summed E-state index contributed by atoms with van der Waals surface area (Å²) in [6.07, 6.45) is 0. The lowest BCUT2D eigenvalue weighted by atomic mass is 10.0. The first kappa shape index (κ1) is 19.3. The molecule has 7 heteroatoms. The fraction of sp³-hybridized carbons (Fsp3) is 0. The van der Waals surface area contributed by atoms with Crippen molar-refractivity contribution in [3.63, 3.8) is 0 Å². The molecule has 3 N–H and O–H groups in total. The molecule has 5 nitrogen and oxygen atoms in total. The summed E-state index contributed by atoms with van der Waals surface area (Å²) in [5.41, 5.74) is 7.36. The van der Waals surface area contributed by atoms with Gasteiger partial charge in [-0.3, -0.25) is 4.79 Å². The first-order valence-corrected chi connectivity index (χ1v) is 8.51. The van der Waals surface area contributed by atoms with Crippen LogP contribution in [0, 0.1) is 5.82 Å². The number of amides is 1. The minimum atomic E-state index is -1.39. The third kappa shape index (κ3) is 4.07. The number of carbonyl (C=O) groups is 2. The van der Waals surface area contributed by atoms with E-state index in [2.05, 4.69) is 4.99 Å². The molecular formula is C21H14ClFN2O3. The molecular weight excluding hydrogens is 383 g/mol. The van der Waals surface area contributed by atoms with Crippen LogP contribution in [0.25, 0.3) is 11.1 Å². The number of rotatable bonds is 4. The van der Waals surface area contributed by atoms with Gasteiger partial charge in [-0.15, -0.1) is 0 Å². The van der Waals surface area contributed by atoms with Gasteiger partial charge in [-0.2, -0.15) is 4.99 Å². The fourth-order valence-electron chi connectivity index (χ4n) is 2.57. The second kappa shape index (κ2) is 8.02. The van der Waals surface area contributed by atoms with Crippen molar-refractivity contribution in [1.29, 1.82) is 0 Å². The van der Waals surface area contributed by atoms with Gasteiger partial charge in [-0.25, -0.2) is 9.18 Å². The van der Waals surface area contributed by atoms with Gasteiger partial charge in [0.1, 0.15) is 11.7 Å².